The summed E-state index contributed by atoms with van der Waals surface area (Å²) in [7, 11) is 0. The fourth-order valence-corrected chi connectivity index (χ4v) is 2.78. The van der Waals surface area contributed by atoms with Crippen molar-refractivity contribution in [2.45, 2.75) is 26.0 Å². The van der Waals surface area contributed by atoms with Crippen molar-refractivity contribution in [2.75, 3.05) is 6.61 Å². The van der Waals surface area contributed by atoms with Crippen LogP contribution in [-0.2, 0) is 12.2 Å². The van der Waals surface area contributed by atoms with E-state index in [0.717, 1.165) is 22.9 Å². The second-order valence-corrected chi connectivity index (χ2v) is 5.76. The van der Waals surface area contributed by atoms with Gasteiger partial charge in [-0.2, -0.15) is 12.6 Å². The molecule has 2 aromatic rings. The highest BCUT2D eigenvalue weighted by Gasteiger charge is 2.03. The number of rotatable bonds is 5. The standard InChI is InChI=1S/C14H17NOS2/c1-10-3-4-13(11(2)7-10)16-6-5-14-15-8-12(9-17)18-14/h3-4,7-8,17H,5-6,9H2,1-2H3. The lowest BCUT2D eigenvalue weighted by atomic mass is 10.1. The minimum absolute atomic E-state index is 0.670. The van der Waals surface area contributed by atoms with Crippen molar-refractivity contribution in [2.24, 2.45) is 0 Å². The van der Waals surface area contributed by atoms with E-state index in [0.29, 0.717) is 6.61 Å². The van der Waals surface area contributed by atoms with E-state index in [2.05, 4.69) is 43.6 Å². The number of nitrogens with zero attached hydrogens (tertiary/aromatic N) is 1. The predicted octanol–water partition coefficient (Wildman–Crippen LogP) is 3.81. The molecule has 2 nitrogen and oxygen atoms in total. The Balaban J connectivity index is 1.88. The molecular weight excluding hydrogens is 262 g/mol. The maximum absolute atomic E-state index is 5.79. The first-order valence-electron chi connectivity index (χ1n) is 5.93. The van der Waals surface area contributed by atoms with E-state index in [4.69, 9.17) is 4.74 Å². The number of thiol groups is 1. The van der Waals surface area contributed by atoms with Gasteiger partial charge in [0.05, 0.1) is 11.6 Å². The molecule has 4 heteroatoms. The van der Waals surface area contributed by atoms with Gasteiger partial charge in [-0.1, -0.05) is 17.7 Å². The van der Waals surface area contributed by atoms with Crippen LogP contribution < -0.4 is 4.74 Å². The molecule has 0 amide bonds. The van der Waals surface area contributed by atoms with E-state index in [1.807, 2.05) is 12.3 Å². The molecule has 0 atom stereocenters. The van der Waals surface area contributed by atoms with Crippen LogP contribution in [0.2, 0.25) is 0 Å². The van der Waals surface area contributed by atoms with Crippen molar-refractivity contribution in [3.8, 4) is 5.75 Å². The van der Waals surface area contributed by atoms with Crippen LogP contribution in [0.3, 0.4) is 0 Å². The minimum atomic E-state index is 0.670. The smallest absolute Gasteiger partial charge is 0.122 e. The Morgan fingerprint density at radius 1 is 1.33 bits per heavy atom. The first-order valence-corrected chi connectivity index (χ1v) is 7.38. The third-order valence-corrected chi connectivity index (χ3v) is 4.27. The lowest BCUT2D eigenvalue weighted by Crippen LogP contribution is -2.02. The van der Waals surface area contributed by atoms with Gasteiger partial charge in [0.15, 0.2) is 0 Å². The third-order valence-electron chi connectivity index (χ3n) is 2.66. The lowest BCUT2D eigenvalue weighted by Gasteiger charge is -2.08. The van der Waals surface area contributed by atoms with Gasteiger partial charge in [0.25, 0.3) is 0 Å². The van der Waals surface area contributed by atoms with Crippen LogP contribution in [0.4, 0.5) is 0 Å². The van der Waals surface area contributed by atoms with Gasteiger partial charge in [0.2, 0.25) is 0 Å². The Kier molecular flexibility index (Phi) is 4.66. The minimum Gasteiger partial charge on any atom is -0.493 e. The zero-order chi connectivity index (χ0) is 13.0. The van der Waals surface area contributed by atoms with Crippen molar-refractivity contribution in [3.05, 3.63) is 45.4 Å². The van der Waals surface area contributed by atoms with Crippen LogP contribution in [0.1, 0.15) is 21.0 Å². The number of aromatic nitrogens is 1. The molecule has 0 spiro atoms. The largest absolute Gasteiger partial charge is 0.493 e. The first kappa shape index (κ1) is 13.4. The van der Waals surface area contributed by atoms with Gasteiger partial charge in [0, 0.05) is 23.2 Å². The molecule has 96 valence electrons. The fourth-order valence-electron chi connectivity index (χ4n) is 1.75. The summed E-state index contributed by atoms with van der Waals surface area (Å²) >= 11 is 5.94. The topological polar surface area (TPSA) is 22.1 Å². The predicted molar refractivity (Wildman–Crippen MR) is 79.9 cm³/mol. The van der Waals surface area contributed by atoms with Crippen LogP contribution >= 0.6 is 24.0 Å². The van der Waals surface area contributed by atoms with E-state index in [1.54, 1.807) is 11.3 Å². The van der Waals surface area contributed by atoms with Crippen molar-refractivity contribution in [1.29, 1.82) is 0 Å². The Labute approximate surface area is 117 Å². The molecule has 0 aliphatic carbocycles. The van der Waals surface area contributed by atoms with E-state index in [-0.39, 0.29) is 0 Å². The molecule has 1 aromatic heterocycles. The SMILES string of the molecule is Cc1ccc(OCCc2ncc(CS)s2)c(C)c1. The van der Waals surface area contributed by atoms with Gasteiger partial charge in [0.1, 0.15) is 5.75 Å². The molecule has 0 saturated carbocycles. The molecule has 18 heavy (non-hydrogen) atoms. The van der Waals surface area contributed by atoms with Gasteiger partial charge in [-0.25, -0.2) is 4.98 Å². The monoisotopic (exact) mass is 279 g/mol. The fraction of sp³-hybridized carbons (Fsp3) is 0.357. The van der Waals surface area contributed by atoms with Crippen molar-refractivity contribution in [3.63, 3.8) is 0 Å². The highest BCUT2D eigenvalue weighted by molar-refractivity contribution is 7.79. The van der Waals surface area contributed by atoms with Crippen molar-refractivity contribution < 1.29 is 4.74 Å². The lowest BCUT2D eigenvalue weighted by molar-refractivity contribution is 0.319. The van der Waals surface area contributed by atoms with Crippen molar-refractivity contribution >= 4 is 24.0 Å². The van der Waals surface area contributed by atoms with Crippen LogP contribution in [0.25, 0.3) is 0 Å². The number of hydrogen-bond donors (Lipinski definition) is 1. The Morgan fingerprint density at radius 3 is 2.83 bits per heavy atom. The van der Waals surface area contributed by atoms with E-state index in [9.17, 15) is 0 Å². The zero-order valence-electron chi connectivity index (χ0n) is 10.6. The average molecular weight is 279 g/mol. The molecular formula is C14H17NOS2. The molecule has 0 N–H and O–H groups in total. The van der Waals surface area contributed by atoms with Crippen molar-refractivity contribution in [1.82, 2.24) is 4.98 Å². The highest BCUT2D eigenvalue weighted by Crippen LogP contribution is 2.20. The molecule has 1 heterocycles. The quantitative estimate of drug-likeness (QED) is 0.841. The first-order chi connectivity index (χ1) is 8.69. The van der Waals surface area contributed by atoms with Crippen LogP contribution in [-0.4, -0.2) is 11.6 Å². The Hall–Kier alpha value is -1.00. The average Bonchev–Trinajstić information content (AvgIpc) is 2.80. The second-order valence-electron chi connectivity index (χ2n) is 4.25. The number of aryl methyl sites for hydroxylation is 2. The van der Waals surface area contributed by atoms with Crippen LogP contribution in [0, 0.1) is 13.8 Å². The molecule has 0 aliphatic heterocycles. The molecule has 1 aromatic carbocycles. The second kappa shape index (κ2) is 6.25. The summed E-state index contributed by atoms with van der Waals surface area (Å²) < 4.78 is 5.79. The summed E-state index contributed by atoms with van der Waals surface area (Å²) in [6, 6.07) is 6.24. The van der Waals surface area contributed by atoms with Gasteiger partial charge in [-0.15, -0.1) is 11.3 Å². The Morgan fingerprint density at radius 2 is 2.17 bits per heavy atom. The number of ether oxygens (including phenoxy) is 1. The molecule has 0 unspecified atom stereocenters. The van der Waals surface area contributed by atoms with Gasteiger partial charge in [-0.05, 0) is 25.5 Å². The van der Waals surface area contributed by atoms with Crippen LogP contribution in [0.5, 0.6) is 5.75 Å². The maximum atomic E-state index is 5.79. The number of thiazole rings is 1. The van der Waals surface area contributed by atoms with Gasteiger partial charge < -0.3 is 4.74 Å². The summed E-state index contributed by atoms with van der Waals surface area (Å²) in [5, 5.41) is 1.11. The summed E-state index contributed by atoms with van der Waals surface area (Å²) in [6.07, 6.45) is 2.75. The van der Waals surface area contributed by atoms with Gasteiger partial charge in [-0.3, -0.25) is 0 Å². The molecule has 2 rings (SSSR count). The summed E-state index contributed by atoms with van der Waals surface area (Å²) in [6.45, 7) is 4.83. The summed E-state index contributed by atoms with van der Waals surface area (Å²) in [4.78, 5) is 5.55. The zero-order valence-corrected chi connectivity index (χ0v) is 12.4. The summed E-state index contributed by atoms with van der Waals surface area (Å²) in [5.41, 5.74) is 2.45. The maximum Gasteiger partial charge on any atom is 0.122 e. The molecule has 0 fully saturated rings. The third kappa shape index (κ3) is 3.50. The van der Waals surface area contributed by atoms with E-state index < -0.39 is 0 Å². The van der Waals surface area contributed by atoms with Gasteiger partial charge >= 0.3 is 0 Å². The Bertz CT molecular complexity index is 522. The van der Waals surface area contributed by atoms with E-state index >= 15 is 0 Å². The molecule has 0 radical (unpaired) electrons. The molecule has 0 saturated heterocycles. The highest BCUT2D eigenvalue weighted by atomic mass is 32.1. The summed E-state index contributed by atoms with van der Waals surface area (Å²) in [5.74, 6) is 1.72. The molecule has 0 bridgehead atoms. The number of hydrogen-bond acceptors (Lipinski definition) is 4. The van der Waals surface area contributed by atoms with E-state index in [1.165, 1.54) is 16.0 Å². The normalized spacial score (nSPS) is 10.6. The van der Waals surface area contributed by atoms with Crippen LogP contribution in [0.15, 0.2) is 24.4 Å². The molecule has 0 aliphatic rings. The number of benzene rings is 1.